The fraction of sp³-hybridized carbons (Fsp3) is 0.823. The first-order valence-electron chi connectivity index (χ1n) is 39.1. The van der Waals surface area contributed by atoms with E-state index in [1.54, 1.807) is 12.5 Å². The van der Waals surface area contributed by atoms with Gasteiger partial charge in [0.1, 0.15) is 26.4 Å². The number of rotatable bonds is 72. The molecule has 0 aliphatic heterocycles. The number of esters is 2. The molecule has 0 spiro atoms. The summed E-state index contributed by atoms with van der Waals surface area (Å²) in [7, 11) is -3.60. The van der Waals surface area contributed by atoms with Gasteiger partial charge in [-0.05, 0) is 115 Å². The van der Waals surface area contributed by atoms with Gasteiger partial charge >= 0.3 is 11.9 Å². The average Bonchev–Trinajstić information content (AvgIpc) is 1.46. The van der Waals surface area contributed by atoms with Crippen molar-refractivity contribution in [1.29, 1.82) is 0 Å². The Bertz CT molecular complexity index is 1960. The summed E-state index contributed by atoms with van der Waals surface area (Å²) < 4.78 is 60.6. The average molecular weight is 1400 g/mol. The Hall–Kier alpha value is -2.84. The molecule has 0 bridgehead atoms. The van der Waals surface area contributed by atoms with Gasteiger partial charge in [-0.3, -0.25) is 18.7 Å². The number of hydrogen-bond acceptors (Lipinski definition) is 13. The standard InChI is InChI=1S/C42H80NO7P.C37H69O7P/c1-6-8-10-12-14-16-18-20-22-23-25-27-29-31-33-35-42(44)50-41(40-49-51(45,46)48-38-36-43(3,4)5)39-47-37-34-32-30-28-26-24-21-19-17-15-13-11-9-7-2;1-3-5-7-9-11-13-15-17-19-20-22-24-26-28-30-32-37(38)44-36(35-43-45(39,40)41)34-42-33-31-29-27-25-23-21-18-16-14-12-10-8-6-4-2/h14,16,20,22,34,37,41H,6-13,15,17-19,21,23-33,35-36,38-40H2,1-5H3;11,13,17,19,31,33,36H,3-10,12,14-16,18,20-30,32,34-35H2,1-2H3,(H2,39,40,41)/p-1/b16-14-,22-20-,37-34-;13-11-,19-17-,33-31-/t41-;36-/m11/s1. The van der Waals surface area contributed by atoms with E-state index in [1.165, 1.54) is 193 Å². The third kappa shape index (κ3) is 81.8. The van der Waals surface area contributed by atoms with Crippen LogP contribution in [0.4, 0.5) is 0 Å². The van der Waals surface area contributed by atoms with Gasteiger partial charge in [0.25, 0.3) is 15.6 Å². The molecule has 564 valence electrons. The summed E-state index contributed by atoms with van der Waals surface area (Å²) in [6, 6.07) is 0. The van der Waals surface area contributed by atoms with Crippen LogP contribution in [0, 0.1) is 0 Å². The Labute approximate surface area is 590 Å². The van der Waals surface area contributed by atoms with Crippen LogP contribution in [-0.4, -0.2) is 94.2 Å². The van der Waals surface area contributed by atoms with Crippen LogP contribution in [0.5, 0.6) is 0 Å². The lowest BCUT2D eigenvalue weighted by Gasteiger charge is -2.28. The lowest BCUT2D eigenvalue weighted by Crippen LogP contribution is -2.37. The first-order chi connectivity index (χ1) is 46.5. The summed E-state index contributed by atoms with van der Waals surface area (Å²) >= 11 is 0. The molecule has 0 heterocycles. The van der Waals surface area contributed by atoms with E-state index >= 15 is 0 Å². The highest BCUT2D eigenvalue weighted by Gasteiger charge is 2.21. The van der Waals surface area contributed by atoms with Gasteiger partial charge in [0.05, 0.1) is 46.9 Å². The van der Waals surface area contributed by atoms with Crippen molar-refractivity contribution in [2.24, 2.45) is 0 Å². The normalized spacial score (nSPS) is 14.1. The van der Waals surface area contributed by atoms with Gasteiger partial charge in [-0.25, -0.2) is 0 Å². The summed E-state index contributed by atoms with van der Waals surface area (Å²) in [4.78, 5) is 57.2. The van der Waals surface area contributed by atoms with Crippen LogP contribution in [0.1, 0.15) is 349 Å². The first kappa shape index (κ1) is 95.2. The molecule has 0 rings (SSSR count). The van der Waals surface area contributed by atoms with E-state index < -0.39 is 40.4 Å². The van der Waals surface area contributed by atoms with Gasteiger partial charge in [0.15, 0.2) is 12.2 Å². The van der Waals surface area contributed by atoms with E-state index in [4.69, 9.17) is 32.9 Å². The van der Waals surface area contributed by atoms with Crippen LogP contribution >= 0.6 is 15.6 Å². The molecule has 15 nitrogen and oxygen atoms in total. The molecule has 17 heteroatoms. The number of ether oxygens (including phenoxy) is 4. The Balaban J connectivity index is 0. The van der Waals surface area contributed by atoms with Crippen LogP contribution in [0.3, 0.4) is 0 Å². The van der Waals surface area contributed by atoms with E-state index in [0.717, 1.165) is 109 Å². The van der Waals surface area contributed by atoms with E-state index in [0.29, 0.717) is 17.4 Å². The summed E-state index contributed by atoms with van der Waals surface area (Å²) in [6.07, 6.45) is 81.5. The van der Waals surface area contributed by atoms with Crippen molar-refractivity contribution in [1.82, 2.24) is 0 Å². The molecule has 0 aromatic rings. The number of carbonyl (C=O) groups excluding carboxylic acids is 2. The number of nitrogens with zero attached hydrogens (tertiary/aromatic N) is 1. The van der Waals surface area contributed by atoms with E-state index in [-0.39, 0.29) is 45.2 Å². The quantitative estimate of drug-likeness (QED) is 0.0151. The number of allylic oxidation sites excluding steroid dienone is 10. The molecule has 2 unspecified atom stereocenters. The summed E-state index contributed by atoms with van der Waals surface area (Å²) in [5.74, 6) is -0.790. The zero-order valence-electron chi connectivity index (χ0n) is 62.8. The number of likely N-dealkylation sites (N-methyl/N-ethyl adjacent to an activating group) is 1. The van der Waals surface area contributed by atoms with Gasteiger partial charge in [-0.15, -0.1) is 0 Å². The lowest BCUT2D eigenvalue weighted by molar-refractivity contribution is -0.870. The van der Waals surface area contributed by atoms with E-state index in [1.807, 2.05) is 33.3 Å². The SMILES string of the molecule is CCCCC/C=C\C/C=C\CCCCCCCC(=O)O[C@H](CO/C=C\CCCCCCCCCCCCCC)COP(=O)([O-])O.CCCCC/C=C\C/C=C\CCCCCCCC(=O)O[C@H](CO/C=C\CCCCCCCCCCCCCC)COP(=O)([O-])OCC[N+](C)(C)C. The second-order valence-corrected chi connectivity index (χ2v) is 29.9. The number of unbranched alkanes of at least 4 members (excludes halogenated alkanes) is 40. The second kappa shape index (κ2) is 73.4. The molecular weight excluding hydrogens is 1250 g/mol. The maximum atomic E-state index is 12.6. The number of quaternary nitrogens is 1. The number of phosphoric acid groups is 2. The molecule has 0 aliphatic carbocycles. The number of carbonyl (C=O) groups is 2. The van der Waals surface area contributed by atoms with Crippen LogP contribution in [0.2, 0.25) is 0 Å². The zero-order chi connectivity index (χ0) is 70.8. The van der Waals surface area contributed by atoms with Crippen LogP contribution in [-0.2, 0) is 51.2 Å². The van der Waals surface area contributed by atoms with E-state index in [2.05, 4.69) is 80.8 Å². The Kier molecular flexibility index (Phi) is 72.8. The van der Waals surface area contributed by atoms with Gasteiger partial charge in [-0.1, -0.05) is 282 Å². The first-order valence-corrected chi connectivity index (χ1v) is 42.0. The van der Waals surface area contributed by atoms with Gasteiger partial charge in [-0.2, -0.15) is 0 Å². The minimum Gasteiger partial charge on any atom is -0.756 e. The lowest BCUT2D eigenvalue weighted by atomic mass is 10.0. The number of hydrogen-bond donors (Lipinski definition) is 1. The molecule has 0 saturated heterocycles. The van der Waals surface area contributed by atoms with Crippen molar-refractivity contribution in [3.05, 3.63) is 73.3 Å². The Morgan fingerprint density at radius 3 is 0.948 bits per heavy atom. The van der Waals surface area contributed by atoms with E-state index in [9.17, 15) is 28.5 Å². The highest BCUT2D eigenvalue weighted by atomic mass is 31.2. The maximum absolute atomic E-state index is 12.6. The fourth-order valence-electron chi connectivity index (χ4n) is 10.5. The van der Waals surface area contributed by atoms with Crippen molar-refractivity contribution < 1.29 is 70.4 Å². The molecule has 0 radical (unpaired) electrons. The number of phosphoric ester groups is 2. The molecule has 0 aromatic carbocycles. The van der Waals surface area contributed by atoms with Gasteiger partial charge < -0.3 is 51.7 Å². The molecule has 1 N–H and O–H groups in total. The largest absolute Gasteiger partial charge is 0.756 e. The minimum absolute atomic E-state index is 0.0138. The van der Waals surface area contributed by atoms with Crippen molar-refractivity contribution in [2.75, 3.05) is 60.7 Å². The molecular formula is C79H148NO14P2-. The molecule has 0 aliphatic rings. The smallest absolute Gasteiger partial charge is 0.306 e. The zero-order valence-corrected chi connectivity index (χ0v) is 64.6. The molecule has 96 heavy (non-hydrogen) atoms. The Morgan fingerprint density at radius 1 is 0.365 bits per heavy atom. The highest BCUT2D eigenvalue weighted by molar-refractivity contribution is 7.45. The van der Waals surface area contributed by atoms with Gasteiger partial charge in [0.2, 0.25) is 0 Å². The molecule has 0 amide bonds. The monoisotopic (exact) mass is 1400 g/mol. The molecule has 0 aromatic heterocycles. The van der Waals surface area contributed by atoms with Gasteiger partial charge in [0, 0.05) is 12.8 Å². The summed E-state index contributed by atoms with van der Waals surface area (Å²) in [5.41, 5.74) is 0. The maximum Gasteiger partial charge on any atom is 0.306 e. The van der Waals surface area contributed by atoms with Crippen molar-refractivity contribution in [3.8, 4) is 0 Å². The Morgan fingerprint density at radius 2 is 0.635 bits per heavy atom. The van der Waals surface area contributed by atoms with Crippen LogP contribution in [0.25, 0.3) is 0 Å². The predicted octanol–water partition coefficient (Wildman–Crippen LogP) is 22.4. The van der Waals surface area contributed by atoms with Crippen LogP contribution < -0.4 is 9.79 Å². The topological polar surface area (TPSA) is 199 Å². The molecule has 0 fully saturated rings. The minimum atomic E-state index is -4.92. The van der Waals surface area contributed by atoms with Crippen molar-refractivity contribution >= 4 is 27.6 Å². The fourth-order valence-corrected chi connectivity index (χ4v) is 11.6. The van der Waals surface area contributed by atoms with Crippen molar-refractivity contribution in [3.63, 3.8) is 0 Å². The second-order valence-electron chi connectivity index (χ2n) is 27.3. The summed E-state index contributed by atoms with van der Waals surface area (Å²) in [6.45, 7) is 8.65. The molecule has 0 saturated carbocycles. The third-order valence-electron chi connectivity index (χ3n) is 16.5. The van der Waals surface area contributed by atoms with Crippen LogP contribution in [0.15, 0.2) is 73.3 Å². The third-order valence-corrected chi connectivity index (χ3v) is 18.0. The summed E-state index contributed by atoms with van der Waals surface area (Å²) in [5, 5.41) is 0. The highest BCUT2D eigenvalue weighted by Crippen LogP contribution is 2.38. The van der Waals surface area contributed by atoms with Crippen molar-refractivity contribution in [2.45, 2.75) is 361 Å². The predicted molar refractivity (Wildman–Crippen MR) is 398 cm³/mol. The molecule has 4 atom stereocenters.